The maximum atomic E-state index is 12.5. The summed E-state index contributed by atoms with van der Waals surface area (Å²) >= 11 is 0. The number of ether oxygens (including phenoxy) is 1. The van der Waals surface area contributed by atoms with Gasteiger partial charge in [-0.15, -0.1) is 0 Å². The molecule has 0 radical (unpaired) electrons. The molecule has 11 heteroatoms. The summed E-state index contributed by atoms with van der Waals surface area (Å²) in [5.41, 5.74) is 1.98. The predicted molar refractivity (Wildman–Crippen MR) is 108 cm³/mol. The molecule has 0 aromatic carbocycles. The zero-order valence-corrected chi connectivity index (χ0v) is 17.1. The van der Waals surface area contributed by atoms with E-state index in [-0.39, 0.29) is 11.8 Å². The highest BCUT2D eigenvalue weighted by Crippen LogP contribution is 2.34. The maximum absolute atomic E-state index is 12.5. The van der Waals surface area contributed by atoms with E-state index in [1.807, 2.05) is 13.1 Å². The van der Waals surface area contributed by atoms with Gasteiger partial charge >= 0.3 is 6.18 Å². The third-order valence-electron chi connectivity index (χ3n) is 5.98. The molecule has 1 saturated carbocycles. The number of aromatic nitrogens is 5. The van der Waals surface area contributed by atoms with Gasteiger partial charge in [-0.05, 0) is 31.7 Å². The largest absolute Gasteiger partial charge is 0.490 e. The first-order valence-corrected chi connectivity index (χ1v) is 10.2. The van der Waals surface area contributed by atoms with Crippen molar-refractivity contribution in [3.05, 3.63) is 30.5 Å². The van der Waals surface area contributed by atoms with Gasteiger partial charge in [0.05, 0.1) is 24.5 Å². The summed E-state index contributed by atoms with van der Waals surface area (Å²) in [6, 6.07) is 2.60. The van der Waals surface area contributed by atoms with Crippen molar-refractivity contribution in [3.8, 4) is 5.75 Å². The Morgan fingerprint density at radius 2 is 1.94 bits per heavy atom. The van der Waals surface area contributed by atoms with Gasteiger partial charge in [0.2, 0.25) is 11.8 Å². The fourth-order valence-corrected chi connectivity index (χ4v) is 4.09. The lowest BCUT2D eigenvalue weighted by atomic mass is 9.81. The Bertz CT molecular complexity index is 1090. The van der Waals surface area contributed by atoms with Crippen LogP contribution in [0.5, 0.6) is 5.75 Å². The lowest BCUT2D eigenvalue weighted by Crippen LogP contribution is -2.39. The Morgan fingerprint density at radius 3 is 2.65 bits per heavy atom. The Kier molecular flexibility index (Phi) is 4.63. The lowest BCUT2D eigenvalue weighted by Gasteiger charge is -2.36. The van der Waals surface area contributed by atoms with Crippen LogP contribution in [0.15, 0.2) is 24.7 Å². The number of likely N-dealkylation sites (N-methyl/N-ethyl adjacent to an activating group) is 1. The van der Waals surface area contributed by atoms with Crippen molar-refractivity contribution < 1.29 is 17.9 Å². The highest BCUT2D eigenvalue weighted by Gasteiger charge is 2.35. The minimum absolute atomic E-state index is 0.232. The van der Waals surface area contributed by atoms with Crippen LogP contribution in [0.3, 0.4) is 0 Å². The molecule has 3 aromatic heterocycles. The Hall–Kier alpha value is -3.11. The SMILES string of the molecule is C[C@H]1Cn2ccc3nc(NC4CC(COc5cnc(C(F)(F)F)nc5)C4)nc(c32)N1C. The Morgan fingerprint density at radius 1 is 1.19 bits per heavy atom. The summed E-state index contributed by atoms with van der Waals surface area (Å²) < 4.78 is 45.3. The van der Waals surface area contributed by atoms with Gasteiger partial charge in [-0.3, -0.25) is 0 Å². The number of halogens is 3. The highest BCUT2D eigenvalue weighted by atomic mass is 19.4. The molecule has 31 heavy (non-hydrogen) atoms. The van der Waals surface area contributed by atoms with Crippen LogP contribution in [0.1, 0.15) is 25.6 Å². The zero-order valence-electron chi connectivity index (χ0n) is 17.1. The fraction of sp³-hybridized carbons (Fsp3) is 0.500. The minimum Gasteiger partial charge on any atom is -0.490 e. The second kappa shape index (κ2) is 7.24. The van der Waals surface area contributed by atoms with Gasteiger partial charge in [-0.1, -0.05) is 0 Å². The molecule has 0 amide bonds. The second-order valence-corrected chi connectivity index (χ2v) is 8.26. The third-order valence-corrected chi connectivity index (χ3v) is 5.98. The summed E-state index contributed by atoms with van der Waals surface area (Å²) in [6.07, 6.45) is 1.35. The molecular formula is C20H22F3N7O. The van der Waals surface area contributed by atoms with Crippen molar-refractivity contribution in [1.29, 1.82) is 0 Å². The van der Waals surface area contributed by atoms with Crippen LogP contribution >= 0.6 is 0 Å². The van der Waals surface area contributed by atoms with Gasteiger partial charge in [0.1, 0.15) is 5.52 Å². The average Bonchev–Trinajstić information content (AvgIpc) is 3.10. The Labute approximate surface area is 176 Å². The summed E-state index contributed by atoms with van der Waals surface area (Å²) in [6.45, 7) is 3.49. The quantitative estimate of drug-likeness (QED) is 0.661. The van der Waals surface area contributed by atoms with Crippen molar-refractivity contribution in [2.75, 3.05) is 23.9 Å². The normalized spacial score (nSPS) is 23.0. The summed E-state index contributed by atoms with van der Waals surface area (Å²) in [4.78, 5) is 18.2. The van der Waals surface area contributed by atoms with Crippen LogP contribution in [0, 0.1) is 5.92 Å². The molecule has 0 spiro atoms. The Balaban J connectivity index is 1.17. The van der Waals surface area contributed by atoms with Gasteiger partial charge < -0.3 is 19.5 Å². The topological polar surface area (TPSA) is 81.0 Å². The van der Waals surface area contributed by atoms with Crippen molar-refractivity contribution in [2.45, 2.75) is 44.6 Å². The molecule has 5 rings (SSSR count). The van der Waals surface area contributed by atoms with Crippen LogP contribution in [0.4, 0.5) is 24.9 Å². The van der Waals surface area contributed by atoms with Crippen molar-refractivity contribution >= 4 is 22.8 Å². The fourth-order valence-electron chi connectivity index (χ4n) is 4.09. The molecule has 0 unspecified atom stereocenters. The molecule has 4 heterocycles. The number of alkyl halides is 3. The predicted octanol–water partition coefficient (Wildman–Crippen LogP) is 3.35. The zero-order chi connectivity index (χ0) is 21.8. The van der Waals surface area contributed by atoms with E-state index in [0.717, 1.165) is 48.6 Å². The van der Waals surface area contributed by atoms with Gasteiger partial charge in [0.25, 0.3) is 0 Å². The van der Waals surface area contributed by atoms with E-state index >= 15 is 0 Å². The standard InChI is InChI=1S/C20H22F3N7O/c1-11-9-30-4-3-15-16(30)17(29(11)2)28-19(27-15)26-13-5-12(6-13)10-31-14-7-24-18(25-8-14)20(21,22)23/h3-4,7-8,11-13H,5-6,9-10H2,1-2H3,(H,26,27,28)/t11-,12?,13?/m0/s1. The first-order chi connectivity index (χ1) is 14.8. The first kappa shape index (κ1) is 19.8. The molecule has 1 fully saturated rings. The molecule has 1 N–H and O–H groups in total. The average molecular weight is 433 g/mol. The van der Waals surface area contributed by atoms with Gasteiger partial charge in [-0.2, -0.15) is 18.2 Å². The number of nitrogens with one attached hydrogen (secondary N) is 1. The maximum Gasteiger partial charge on any atom is 0.451 e. The molecule has 1 aliphatic carbocycles. The number of hydrogen-bond acceptors (Lipinski definition) is 7. The number of nitrogens with zero attached hydrogens (tertiary/aromatic N) is 6. The third kappa shape index (κ3) is 3.72. The van der Waals surface area contributed by atoms with E-state index in [1.165, 1.54) is 0 Å². The molecule has 1 atom stereocenters. The summed E-state index contributed by atoms with van der Waals surface area (Å²) in [5.74, 6) is 0.906. The van der Waals surface area contributed by atoms with Crippen LogP contribution in [-0.4, -0.2) is 50.2 Å². The van der Waals surface area contributed by atoms with E-state index < -0.39 is 12.0 Å². The van der Waals surface area contributed by atoms with Gasteiger partial charge in [0.15, 0.2) is 11.6 Å². The smallest absolute Gasteiger partial charge is 0.451 e. The second-order valence-electron chi connectivity index (χ2n) is 8.26. The van der Waals surface area contributed by atoms with E-state index in [0.29, 0.717) is 24.5 Å². The lowest BCUT2D eigenvalue weighted by molar-refractivity contribution is -0.145. The van der Waals surface area contributed by atoms with E-state index in [4.69, 9.17) is 9.72 Å². The van der Waals surface area contributed by atoms with Crippen LogP contribution in [0.2, 0.25) is 0 Å². The van der Waals surface area contributed by atoms with Crippen molar-refractivity contribution in [2.24, 2.45) is 5.92 Å². The van der Waals surface area contributed by atoms with Gasteiger partial charge in [-0.25, -0.2) is 15.0 Å². The van der Waals surface area contributed by atoms with E-state index in [9.17, 15) is 13.2 Å². The van der Waals surface area contributed by atoms with Crippen LogP contribution < -0.4 is 15.0 Å². The first-order valence-electron chi connectivity index (χ1n) is 10.2. The van der Waals surface area contributed by atoms with E-state index in [2.05, 4.69) is 42.9 Å². The van der Waals surface area contributed by atoms with Crippen molar-refractivity contribution in [3.63, 3.8) is 0 Å². The molecule has 0 bridgehead atoms. The molecule has 0 saturated heterocycles. The number of anilines is 2. The molecule has 164 valence electrons. The number of rotatable bonds is 5. The molecule has 1 aliphatic heterocycles. The van der Waals surface area contributed by atoms with E-state index in [1.54, 1.807) is 0 Å². The van der Waals surface area contributed by atoms with Crippen LogP contribution in [0.25, 0.3) is 11.0 Å². The molecule has 8 nitrogen and oxygen atoms in total. The van der Waals surface area contributed by atoms with Crippen molar-refractivity contribution in [1.82, 2.24) is 24.5 Å². The summed E-state index contributed by atoms with van der Waals surface area (Å²) in [7, 11) is 2.05. The number of hydrogen-bond donors (Lipinski definition) is 1. The molecular weight excluding hydrogens is 411 g/mol. The summed E-state index contributed by atoms with van der Waals surface area (Å²) in [5, 5.41) is 3.40. The molecule has 3 aromatic rings. The monoisotopic (exact) mass is 433 g/mol. The minimum atomic E-state index is -4.55. The van der Waals surface area contributed by atoms with Gasteiger partial charge in [0, 0.05) is 31.9 Å². The van der Waals surface area contributed by atoms with Crippen LogP contribution in [-0.2, 0) is 12.7 Å². The molecule has 2 aliphatic rings. The highest BCUT2D eigenvalue weighted by molar-refractivity contribution is 5.89.